The predicted molar refractivity (Wildman–Crippen MR) is 104 cm³/mol. The largest absolute Gasteiger partial charge is 0.497 e. The van der Waals surface area contributed by atoms with Crippen LogP contribution < -0.4 is 15.2 Å². The van der Waals surface area contributed by atoms with E-state index in [9.17, 15) is 4.79 Å². The van der Waals surface area contributed by atoms with Gasteiger partial charge >= 0.3 is 0 Å². The lowest BCUT2D eigenvalue weighted by atomic mass is 9.95. The van der Waals surface area contributed by atoms with E-state index in [0.29, 0.717) is 26.1 Å². The standard InChI is InChI=1S/C20H24N2O3.ClH/c1-24-16-7-9-17(10-8-16)25-12-11-20(23)22-13-18(19(21)14-22)15-5-3-2-4-6-15;/h2-10,18-19H,11-14,21H2,1H3;1H/t18-,19+;/m0./s1. The highest BCUT2D eigenvalue weighted by atomic mass is 35.5. The minimum Gasteiger partial charge on any atom is -0.497 e. The van der Waals surface area contributed by atoms with Gasteiger partial charge in [0.2, 0.25) is 5.91 Å². The minimum absolute atomic E-state index is 0. The van der Waals surface area contributed by atoms with Crippen LogP contribution in [0.15, 0.2) is 54.6 Å². The Bertz CT molecular complexity index is 694. The van der Waals surface area contributed by atoms with Gasteiger partial charge in [0.25, 0.3) is 0 Å². The van der Waals surface area contributed by atoms with E-state index in [-0.39, 0.29) is 30.3 Å². The van der Waals surface area contributed by atoms with Crippen LogP contribution in [-0.4, -0.2) is 43.7 Å². The average Bonchev–Trinajstić information content (AvgIpc) is 3.05. The van der Waals surface area contributed by atoms with E-state index in [2.05, 4.69) is 12.1 Å². The first-order valence-electron chi connectivity index (χ1n) is 8.52. The van der Waals surface area contributed by atoms with E-state index < -0.39 is 0 Å². The number of ether oxygens (including phenoxy) is 2. The van der Waals surface area contributed by atoms with Gasteiger partial charge in [-0.1, -0.05) is 30.3 Å². The molecule has 6 heteroatoms. The molecule has 5 nitrogen and oxygen atoms in total. The zero-order valence-electron chi connectivity index (χ0n) is 14.8. The molecule has 1 amide bonds. The molecule has 1 saturated heterocycles. The molecule has 1 fully saturated rings. The molecule has 2 aromatic rings. The Morgan fingerprint density at radius 3 is 2.38 bits per heavy atom. The number of methoxy groups -OCH3 is 1. The molecule has 2 atom stereocenters. The number of likely N-dealkylation sites (tertiary alicyclic amines) is 1. The third-order valence-electron chi connectivity index (χ3n) is 4.59. The minimum atomic E-state index is -0.0196. The van der Waals surface area contributed by atoms with Crippen LogP contribution >= 0.6 is 12.4 Å². The lowest BCUT2D eigenvalue weighted by molar-refractivity contribution is -0.130. The summed E-state index contributed by atoms with van der Waals surface area (Å²) in [5, 5.41) is 0. The molecule has 0 spiro atoms. The van der Waals surface area contributed by atoms with E-state index >= 15 is 0 Å². The summed E-state index contributed by atoms with van der Waals surface area (Å²) in [7, 11) is 1.62. The lowest BCUT2D eigenvalue weighted by Gasteiger charge is -2.16. The van der Waals surface area contributed by atoms with Gasteiger partial charge in [-0.2, -0.15) is 0 Å². The van der Waals surface area contributed by atoms with Gasteiger partial charge in [-0.25, -0.2) is 0 Å². The van der Waals surface area contributed by atoms with Crippen LogP contribution in [0.3, 0.4) is 0 Å². The van der Waals surface area contributed by atoms with Crippen molar-refractivity contribution in [3.05, 3.63) is 60.2 Å². The zero-order valence-corrected chi connectivity index (χ0v) is 15.7. The van der Waals surface area contributed by atoms with Crippen molar-refractivity contribution in [2.24, 2.45) is 5.73 Å². The number of halogens is 1. The van der Waals surface area contributed by atoms with Gasteiger partial charge in [-0.15, -0.1) is 12.4 Å². The molecule has 2 N–H and O–H groups in total. The second kappa shape index (κ2) is 9.46. The summed E-state index contributed by atoms with van der Waals surface area (Å²) in [6.07, 6.45) is 0.347. The van der Waals surface area contributed by atoms with E-state index in [1.54, 1.807) is 7.11 Å². The normalized spacial score (nSPS) is 18.9. The number of nitrogens with two attached hydrogens (primary N) is 1. The molecular weight excluding hydrogens is 352 g/mol. The van der Waals surface area contributed by atoms with Crippen LogP contribution in [0.1, 0.15) is 17.9 Å². The number of rotatable bonds is 6. The SMILES string of the molecule is COc1ccc(OCCC(=O)N2C[C@@H](N)[C@H](c3ccccc3)C2)cc1.Cl. The number of carbonyl (C=O) groups is 1. The second-order valence-electron chi connectivity index (χ2n) is 6.25. The third-order valence-corrected chi connectivity index (χ3v) is 4.59. The molecule has 0 saturated carbocycles. The quantitative estimate of drug-likeness (QED) is 0.841. The van der Waals surface area contributed by atoms with Gasteiger partial charge in [0.15, 0.2) is 0 Å². The number of benzene rings is 2. The number of hydrogen-bond donors (Lipinski definition) is 1. The predicted octanol–water partition coefficient (Wildman–Crippen LogP) is 2.84. The Hall–Kier alpha value is -2.24. The topological polar surface area (TPSA) is 64.8 Å². The van der Waals surface area contributed by atoms with Crippen LogP contribution in [0.4, 0.5) is 0 Å². The van der Waals surface area contributed by atoms with Crippen LogP contribution in [0.25, 0.3) is 0 Å². The molecule has 26 heavy (non-hydrogen) atoms. The van der Waals surface area contributed by atoms with Crippen molar-refractivity contribution in [1.82, 2.24) is 4.90 Å². The van der Waals surface area contributed by atoms with Gasteiger partial charge in [-0.3, -0.25) is 4.79 Å². The first kappa shape index (κ1) is 20.1. The van der Waals surface area contributed by atoms with Gasteiger partial charge in [0, 0.05) is 25.0 Å². The molecule has 3 rings (SSSR count). The molecular formula is C20H25ClN2O3. The van der Waals surface area contributed by atoms with E-state index in [1.165, 1.54) is 5.56 Å². The second-order valence-corrected chi connectivity index (χ2v) is 6.25. The van der Waals surface area contributed by atoms with Crippen molar-refractivity contribution in [3.63, 3.8) is 0 Å². The fourth-order valence-electron chi connectivity index (χ4n) is 3.17. The maximum atomic E-state index is 12.4. The zero-order chi connectivity index (χ0) is 17.6. The maximum absolute atomic E-state index is 12.4. The first-order chi connectivity index (χ1) is 12.2. The molecule has 1 heterocycles. The highest BCUT2D eigenvalue weighted by Gasteiger charge is 2.33. The molecule has 0 unspecified atom stereocenters. The summed E-state index contributed by atoms with van der Waals surface area (Å²) in [6.45, 7) is 1.63. The monoisotopic (exact) mass is 376 g/mol. The highest BCUT2D eigenvalue weighted by Crippen LogP contribution is 2.26. The summed E-state index contributed by atoms with van der Waals surface area (Å²) >= 11 is 0. The molecule has 0 aromatic heterocycles. The van der Waals surface area contributed by atoms with Crippen molar-refractivity contribution >= 4 is 18.3 Å². The summed E-state index contributed by atoms with van der Waals surface area (Å²) in [5.74, 6) is 1.80. The molecule has 140 valence electrons. The van der Waals surface area contributed by atoms with E-state index in [4.69, 9.17) is 15.2 Å². The Kier molecular flexibility index (Phi) is 7.30. The van der Waals surface area contributed by atoms with Crippen molar-refractivity contribution in [2.75, 3.05) is 26.8 Å². The van der Waals surface area contributed by atoms with E-state index in [1.807, 2.05) is 47.4 Å². The van der Waals surface area contributed by atoms with Crippen LogP contribution in [0, 0.1) is 0 Å². The van der Waals surface area contributed by atoms with Crippen LogP contribution in [0.5, 0.6) is 11.5 Å². The molecule has 0 bridgehead atoms. The molecule has 0 aliphatic carbocycles. The summed E-state index contributed by atoms with van der Waals surface area (Å²) in [4.78, 5) is 14.3. The molecule has 1 aliphatic rings. The molecule has 0 radical (unpaired) electrons. The van der Waals surface area contributed by atoms with Gasteiger partial charge < -0.3 is 20.1 Å². The summed E-state index contributed by atoms with van der Waals surface area (Å²) < 4.78 is 10.7. The van der Waals surface area contributed by atoms with Crippen molar-refractivity contribution in [3.8, 4) is 11.5 Å². The van der Waals surface area contributed by atoms with Crippen molar-refractivity contribution in [2.45, 2.75) is 18.4 Å². The number of nitrogens with zero attached hydrogens (tertiary/aromatic N) is 1. The number of hydrogen-bond acceptors (Lipinski definition) is 4. The van der Waals surface area contributed by atoms with Gasteiger partial charge in [0.1, 0.15) is 11.5 Å². The Labute approximate surface area is 160 Å². The molecule has 2 aromatic carbocycles. The van der Waals surface area contributed by atoms with Crippen molar-refractivity contribution < 1.29 is 14.3 Å². The van der Waals surface area contributed by atoms with Gasteiger partial charge in [-0.05, 0) is 29.8 Å². The Balaban J connectivity index is 0.00000243. The third kappa shape index (κ3) is 4.90. The fourth-order valence-corrected chi connectivity index (χ4v) is 3.17. The fraction of sp³-hybridized carbons (Fsp3) is 0.350. The van der Waals surface area contributed by atoms with Crippen molar-refractivity contribution in [1.29, 1.82) is 0 Å². The van der Waals surface area contributed by atoms with E-state index in [0.717, 1.165) is 11.5 Å². The summed E-state index contributed by atoms with van der Waals surface area (Å²) in [6, 6.07) is 17.5. The smallest absolute Gasteiger partial charge is 0.226 e. The highest BCUT2D eigenvalue weighted by molar-refractivity contribution is 5.85. The summed E-state index contributed by atoms with van der Waals surface area (Å²) in [5.41, 5.74) is 7.44. The number of amides is 1. The average molecular weight is 377 g/mol. The maximum Gasteiger partial charge on any atom is 0.226 e. The van der Waals surface area contributed by atoms with Crippen LogP contribution in [-0.2, 0) is 4.79 Å². The Morgan fingerprint density at radius 1 is 1.08 bits per heavy atom. The first-order valence-corrected chi connectivity index (χ1v) is 8.52. The number of carbonyl (C=O) groups excluding carboxylic acids is 1. The lowest BCUT2D eigenvalue weighted by Crippen LogP contribution is -2.32. The van der Waals surface area contributed by atoms with Gasteiger partial charge in [0.05, 0.1) is 20.1 Å². The van der Waals surface area contributed by atoms with Crippen LogP contribution in [0.2, 0.25) is 0 Å². The Morgan fingerprint density at radius 2 is 1.73 bits per heavy atom. The molecule has 1 aliphatic heterocycles.